The van der Waals surface area contributed by atoms with E-state index in [-0.39, 0.29) is 0 Å². The van der Waals surface area contributed by atoms with Crippen LogP contribution in [-0.2, 0) is 0 Å². The summed E-state index contributed by atoms with van der Waals surface area (Å²) in [6.45, 7) is 6.98. The fourth-order valence-corrected chi connectivity index (χ4v) is 4.51. The van der Waals surface area contributed by atoms with Crippen molar-refractivity contribution in [1.29, 1.82) is 0 Å². The van der Waals surface area contributed by atoms with Crippen molar-refractivity contribution in [1.82, 2.24) is 10.3 Å². The number of thiazole rings is 1. The molecule has 1 aromatic heterocycles. The molecule has 1 saturated carbocycles. The minimum Gasteiger partial charge on any atom is -0.305 e. The first-order valence-electron chi connectivity index (χ1n) is 7.80. The Balaban J connectivity index is 1.71. The summed E-state index contributed by atoms with van der Waals surface area (Å²) >= 11 is 1.82. The Labute approximate surface area is 125 Å². The minimum absolute atomic E-state index is 0.357. The van der Waals surface area contributed by atoms with Gasteiger partial charge in [0.15, 0.2) is 0 Å². The first-order chi connectivity index (χ1) is 9.69. The third-order valence-electron chi connectivity index (χ3n) is 4.90. The van der Waals surface area contributed by atoms with Gasteiger partial charge in [-0.1, -0.05) is 32.4 Å². The summed E-state index contributed by atoms with van der Waals surface area (Å²) in [4.78, 5) is 4.77. The highest BCUT2D eigenvalue weighted by Crippen LogP contribution is 2.35. The van der Waals surface area contributed by atoms with Crippen LogP contribution in [0.25, 0.3) is 10.2 Å². The number of hydrogen-bond donors (Lipinski definition) is 1. The highest BCUT2D eigenvalue weighted by molar-refractivity contribution is 7.18. The quantitative estimate of drug-likeness (QED) is 0.876. The molecule has 1 aromatic carbocycles. The maximum atomic E-state index is 4.77. The standard InChI is InChI=1S/C17H24N2S/c1-4-13-9-10-14(11(13)2)18-12(3)17-19-15-7-5-6-8-16(15)20-17/h5-8,11-14,18H,4,9-10H2,1-3H3. The van der Waals surface area contributed by atoms with Crippen molar-refractivity contribution in [2.75, 3.05) is 0 Å². The summed E-state index contributed by atoms with van der Waals surface area (Å²) in [7, 11) is 0. The van der Waals surface area contributed by atoms with Crippen LogP contribution in [0.2, 0.25) is 0 Å². The molecule has 0 aliphatic heterocycles. The maximum Gasteiger partial charge on any atom is 0.111 e. The summed E-state index contributed by atoms with van der Waals surface area (Å²) in [5, 5.41) is 5.04. The summed E-state index contributed by atoms with van der Waals surface area (Å²) < 4.78 is 1.29. The van der Waals surface area contributed by atoms with Gasteiger partial charge in [0.05, 0.1) is 16.3 Å². The van der Waals surface area contributed by atoms with Crippen molar-refractivity contribution >= 4 is 21.6 Å². The predicted octanol–water partition coefficient (Wildman–Crippen LogP) is 4.77. The van der Waals surface area contributed by atoms with Gasteiger partial charge in [-0.3, -0.25) is 0 Å². The zero-order valence-electron chi connectivity index (χ0n) is 12.6. The number of nitrogens with one attached hydrogen (secondary N) is 1. The van der Waals surface area contributed by atoms with Gasteiger partial charge >= 0.3 is 0 Å². The van der Waals surface area contributed by atoms with E-state index in [1.165, 1.54) is 29.0 Å². The first kappa shape index (κ1) is 14.0. The fourth-order valence-electron chi connectivity index (χ4n) is 3.53. The molecule has 4 unspecified atom stereocenters. The second-order valence-electron chi connectivity index (χ2n) is 6.12. The molecule has 1 aliphatic rings. The van der Waals surface area contributed by atoms with E-state index in [1.54, 1.807) is 0 Å². The smallest absolute Gasteiger partial charge is 0.111 e. The molecule has 2 aromatic rings. The molecular weight excluding hydrogens is 264 g/mol. The number of rotatable bonds is 4. The molecule has 2 nitrogen and oxygen atoms in total. The van der Waals surface area contributed by atoms with E-state index in [0.29, 0.717) is 12.1 Å². The van der Waals surface area contributed by atoms with Crippen molar-refractivity contribution in [3.05, 3.63) is 29.3 Å². The van der Waals surface area contributed by atoms with E-state index >= 15 is 0 Å². The zero-order chi connectivity index (χ0) is 14.1. The van der Waals surface area contributed by atoms with Gasteiger partial charge in [0.1, 0.15) is 5.01 Å². The third kappa shape index (κ3) is 2.61. The molecule has 1 heterocycles. The molecule has 1 fully saturated rings. The molecule has 108 valence electrons. The molecule has 1 N–H and O–H groups in total. The SMILES string of the molecule is CCC1CCC(NC(C)c2nc3ccccc3s2)C1C. The van der Waals surface area contributed by atoms with Gasteiger partial charge in [-0.05, 0) is 43.7 Å². The predicted molar refractivity (Wildman–Crippen MR) is 87.1 cm³/mol. The molecular formula is C17H24N2S. The van der Waals surface area contributed by atoms with E-state index in [9.17, 15) is 0 Å². The van der Waals surface area contributed by atoms with E-state index in [1.807, 2.05) is 11.3 Å². The van der Waals surface area contributed by atoms with Crippen LogP contribution in [0.5, 0.6) is 0 Å². The number of nitrogens with zero attached hydrogens (tertiary/aromatic N) is 1. The van der Waals surface area contributed by atoms with Gasteiger partial charge in [-0.2, -0.15) is 0 Å². The highest BCUT2D eigenvalue weighted by atomic mass is 32.1. The van der Waals surface area contributed by atoms with Crippen LogP contribution in [0, 0.1) is 11.8 Å². The summed E-state index contributed by atoms with van der Waals surface area (Å²) in [5.74, 6) is 1.69. The number of aromatic nitrogens is 1. The Morgan fingerprint density at radius 3 is 2.85 bits per heavy atom. The second-order valence-corrected chi connectivity index (χ2v) is 7.18. The molecule has 0 spiro atoms. The molecule has 3 heteroatoms. The van der Waals surface area contributed by atoms with Crippen LogP contribution in [-0.4, -0.2) is 11.0 Å². The van der Waals surface area contributed by atoms with Crippen LogP contribution in [0.15, 0.2) is 24.3 Å². The van der Waals surface area contributed by atoms with E-state index < -0.39 is 0 Å². The van der Waals surface area contributed by atoms with Gasteiger partial charge in [0.25, 0.3) is 0 Å². The summed E-state index contributed by atoms with van der Waals surface area (Å²) in [5.41, 5.74) is 1.13. The van der Waals surface area contributed by atoms with E-state index in [4.69, 9.17) is 4.98 Å². The lowest BCUT2D eigenvalue weighted by Crippen LogP contribution is -2.34. The van der Waals surface area contributed by atoms with Crippen molar-refractivity contribution < 1.29 is 0 Å². The van der Waals surface area contributed by atoms with Crippen LogP contribution in [0.4, 0.5) is 0 Å². The highest BCUT2D eigenvalue weighted by Gasteiger charge is 2.32. The average molecular weight is 288 g/mol. The Kier molecular flexibility index (Phi) is 4.08. The molecule has 1 aliphatic carbocycles. The zero-order valence-corrected chi connectivity index (χ0v) is 13.4. The van der Waals surface area contributed by atoms with Gasteiger partial charge in [-0.15, -0.1) is 11.3 Å². The summed E-state index contributed by atoms with van der Waals surface area (Å²) in [6, 6.07) is 9.43. The monoisotopic (exact) mass is 288 g/mol. The van der Waals surface area contributed by atoms with Gasteiger partial charge in [0.2, 0.25) is 0 Å². The van der Waals surface area contributed by atoms with Crippen LogP contribution < -0.4 is 5.32 Å². The van der Waals surface area contributed by atoms with Crippen LogP contribution >= 0.6 is 11.3 Å². The molecule has 0 bridgehead atoms. The maximum absolute atomic E-state index is 4.77. The Hall–Kier alpha value is -0.930. The van der Waals surface area contributed by atoms with E-state index in [0.717, 1.165) is 17.4 Å². The number of hydrogen-bond acceptors (Lipinski definition) is 3. The molecule has 20 heavy (non-hydrogen) atoms. The Morgan fingerprint density at radius 2 is 2.15 bits per heavy atom. The normalized spacial score (nSPS) is 28.1. The first-order valence-corrected chi connectivity index (χ1v) is 8.62. The number of fused-ring (bicyclic) bond motifs is 1. The van der Waals surface area contributed by atoms with Gasteiger partial charge in [-0.25, -0.2) is 4.98 Å². The molecule has 3 rings (SSSR count). The van der Waals surface area contributed by atoms with Crippen molar-refractivity contribution in [3.8, 4) is 0 Å². The van der Waals surface area contributed by atoms with Crippen molar-refractivity contribution in [3.63, 3.8) is 0 Å². The average Bonchev–Trinajstić information content (AvgIpc) is 3.03. The topological polar surface area (TPSA) is 24.9 Å². The van der Waals surface area contributed by atoms with Crippen LogP contribution in [0.1, 0.15) is 51.1 Å². The lowest BCUT2D eigenvalue weighted by Gasteiger charge is -2.24. The molecule has 4 atom stereocenters. The second kappa shape index (κ2) is 5.82. The molecule has 0 amide bonds. The van der Waals surface area contributed by atoms with Crippen molar-refractivity contribution in [2.24, 2.45) is 11.8 Å². The van der Waals surface area contributed by atoms with Crippen molar-refractivity contribution in [2.45, 2.75) is 52.1 Å². The van der Waals surface area contributed by atoms with Gasteiger partial charge < -0.3 is 5.32 Å². The van der Waals surface area contributed by atoms with Crippen LogP contribution in [0.3, 0.4) is 0 Å². The van der Waals surface area contributed by atoms with Gasteiger partial charge in [0, 0.05) is 6.04 Å². The summed E-state index contributed by atoms with van der Waals surface area (Å²) in [6.07, 6.45) is 4.01. The molecule has 0 radical (unpaired) electrons. The van der Waals surface area contributed by atoms with E-state index in [2.05, 4.69) is 50.4 Å². The lowest BCUT2D eigenvalue weighted by molar-refractivity contribution is 0.327. The largest absolute Gasteiger partial charge is 0.305 e. The number of para-hydroxylation sites is 1. The Morgan fingerprint density at radius 1 is 1.35 bits per heavy atom. The third-order valence-corrected chi connectivity index (χ3v) is 6.12. The Bertz CT molecular complexity index is 544. The fraction of sp³-hybridized carbons (Fsp3) is 0.588. The minimum atomic E-state index is 0.357. The molecule has 0 saturated heterocycles. The number of benzene rings is 1. The lowest BCUT2D eigenvalue weighted by atomic mass is 9.93.